The average molecular weight is 477 g/mol. The van der Waals surface area contributed by atoms with Crippen LogP contribution in [0.5, 0.6) is 0 Å². The number of nitrogens with zero attached hydrogens (tertiary/aromatic N) is 1. The molecule has 33 heavy (non-hydrogen) atoms. The number of imide groups is 1. The zero-order valence-corrected chi connectivity index (χ0v) is 16.4. The average Bonchev–Trinajstić information content (AvgIpc) is 2.97. The van der Waals surface area contributed by atoms with E-state index in [1.165, 1.54) is 22.8 Å². The molecule has 1 aliphatic rings. The quantitative estimate of drug-likeness (QED) is 0.510. The number of amides is 4. The minimum atomic E-state index is -5.53. The van der Waals surface area contributed by atoms with Gasteiger partial charge in [-0.3, -0.25) is 19.8 Å². The van der Waals surface area contributed by atoms with Crippen LogP contribution in [0.1, 0.15) is 21.5 Å². The first-order valence-corrected chi connectivity index (χ1v) is 9.19. The number of halogens is 7. The van der Waals surface area contributed by atoms with E-state index >= 15 is 0 Å². The van der Waals surface area contributed by atoms with Crippen LogP contribution in [0.2, 0.25) is 0 Å². The standard InChI is InChI=1S/C20H14F7N3O3/c21-14-6-4-11(5-7-14)8-9-30-16(32)18(20(25,26)27,29-17(30)33)28-15(31)12-2-1-3-13(10-12)19(22,23)24/h1-7,10H,8-9H2,(H,28,31)(H,29,33)/t18-/m1/s1. The molecular formula is C20H14F7N3O3. The first-order chi connectivity index (χ1) is 15.2. The summed E-state index contributed by atoms with van der Waals surface area (Å²) in [5, 5.41) is 2.74. The molecule has 1 saturated heterocycles. The number of alkyl halides is 6. The molecule has 0 aromatic heterocycles. The normalized spacial score (nSPS) is 18.9. The molecular weight excluding hydrogens is 463 g/mol. The van der Waals surface area contributed by atoms with E-state index in [1.54, 1.807) is 0 Å². The van der Waals surface area contributed by atoms with Crippen molar-refractivity contribution in [3.8, 4) is 0 Å². The summed E-state index contributed by atoms with van der Waals surface area (Å²) in [6, 6.07) is 5.85. The zero-order valence-electron chi connectivity index (χ0n) is 16.4. The fourth-order valence-electron chi connectivity index (χ4n) is 3.10. The lowest BCUT2D eigenvalue weighted by atomic mass is 10.1. The molecule has 2 aromatic rings. The van der Waals surface area contributed by atoms with Crippen molar-refractivity contribution in [2.45, 2.75) is 24.4 Å². The lowest BCUT2D eigenvalue weighted by Crippen LogP contribution is -2.69. The summed E-state index contributed by atoms with van der Waals surface area (Å²) in [7, 11) is 0. The van der Waals surface area contributed by atoms with Crippen LogP contribution in [0, 0.1) is 5.82 Å². The minimum absolute atomic E-state index is 0.116. The molecule has 176 valence electrons. The lowest BCUT2D eigenvalue weighted by molar-refractivity contribution is -0.200. The van der Waals surface area contributed by atoms with Crippen molar-refractivity contribution in [3.05, 3.63) is 71.0 Å². The molecule has 4 amide bonds. The highest BCUT2D eigenvalue weighted by molar-refractivity contribution is 6.10. The van der Waals surface area contributed by atoms with Gasteiger partial charge in [-0.2, -0.15) is 26.3 Å². The number of nitrogens with one attached hydrogen (secondary N) is 2. The Kier molecular flexibility index (Phi) is 6.09. The van der Waals surface area contributed by atoms with Gasteiger partial charge in [0.25, 0.3) is 17.5 Å². The monoisotopic (exact) mass is 477 g/mol. The van der Waals surface area contributed by atoms with E-state index in [1.807, 2.05) is 0 Å². The Morgan fingerprint density at radius 2 is 1.64 bits per heavy atom. The summed E-state index contributed by atoms with van der Waals surface area (Å²) < 4.78 is 93.2. The third-order valence-corrected chi connectivity index (χ3v) is 4.82. The van der Waals surface area contributed by atoms with E-state index in [4.69, 9.17) is 0 Å². The van der Waals surface area contributed by atoms with Crippen LogP contribution >= 0.6 is 0 Å². The molecule has 0 aliphatic carbocycles. The Morgan fingerprint density at radius 3 is 2.21 bits per heavy atom. The van der Waals surface area contributed by atoms with E-state index in [2.05, 4.69) is 0 Å². The Morgan fingerprint density at radius 1 is 1.00 bits per heavy atom. The molecule has 3 rings (SSSR count). The van der Waals surface area contributed by atoms with E-state index in [0.29, 0.717) is 17.7 Å². The van der Waals surface area contributed by atoms with Gasteiger partial charge in [0.2, 0.25) is 0 Å². The van der Waals surface area contributed by atoms with E-state index < -0.39 is 59.3 Å². The third-order valence-electron chi connectivity index (χ3n) is 4.82. The summed E-state index contributed by atoms with van der Waals surface area (Å²) in [6.07, 6.45) is -10.5. The maximum atomic E-state index is 13.9. The van der Waals surface area contributed by atoms with Crippen LogP contribution in [0.4, 0.5) is 35.5 Å². The SMILES string of the molecule is O=C(N[C@@]1(C(F)(F)F)NC(=O)N(CCc2ccc(F)cc2)C1=O)c1cccc(C(F)(F)F)c1. The Hall–Kier alpha value is -3.64. The molecule has 2 N–H and O–H groups in total. The van der Waals surface area contributed by atoms with Gasteiger partial charge in [0, 0.05) is 12.1 Å². The van der Waals surface area contributed by atoms with Crippen molar-refractivity contribution in [1.29, 1.82) is 0 Å². The number of rotatable bonds is 5. The Balaban J connectivity index is 1.85. The minimum Gasteiger partial charge on any atom is -0.314 e. The molecule has 1 aliphatic heterocycles. The molecule has 0 unspecified atom stereocenters. The van der Waals surface area contributed by atoms with Gasteiger partial charge < -0.3 is 5.32 Å². The third kappa shape index (κ3) is 4.76. The smallest absolute Gasteiger partial charge is 0.314 e. The summed E-state index contributed by atoms with van der Waals surface area (Å²) in [4.78, 5) is 37.4. The molecule has 1 fully saturated rings. The van der Waals surface area contributed by atoms with Gasteiger partial charge >= 0.3 is 18.4 Å². The van der Waals surface area contributed by atoms with Crippen molar-refractivity contribution >= 4 is 17.8 Å². The van der Waals surface area contributed by atoms with Crippen LogP contribution in [0.25, 0.3) is 0 Å². The van der Waals surface area contributed by atoms with Crippen molar-refractivity contribution in [1.82, 2.24) is 15.5 Å². The lowest BCUT2D eigenvalue weighted by Gasteiger charge is -2.30. The molecule has 6 nitrogen and oxygen atoms in total. The van der Waals surface area contributed by atoms with Crippen molar-refractivity contribution in [3.63, 3.8) is 0 Å². The second-order valence-electron chi connectivity index (χ2n) is 7.04. The largest absolute Gasteiger partial charge is 0.440 e. The first-order valence-electron chi connectivity index (χ1n) is 9.19. The molecule has 0 bridgehead atoms. The molecule has 13 heteroatoms. The van der Waals surface area contributed by atoms with Crippen LogP contribution in [-0.2, 0) is 17.4 Å². The predicted molar refractivity (Wildman–Crippen MR) is 98.0 cm³/mol. The van der Waals surface area contributed by atoms with E-state index in [0.717, 1.165) is 24.3 Å². The topological polar surface area (TPSA) is 78.5 Å². The number of urea groups is 1. The van der Waals surface area contributed by atoms with Gasteiger partial charge in [-0.25, -0.2) is 9.18 Å². The fraction of sp³-hybridized carbons (Fsp3) is 0.250. The summed E-state index contributed by atoms with van der Waals surface area (Å²) in [6.45, 7) is -0.534. The molecule has 0 radical (unpaired) electrons. The van der Waals surface area contributed by atoms with E-state index in [9.17, 15) is 45.1 Å². The van der Waals surface area contributed by atoms with Crippen molar-refractivity contribution in [2.24, 2.45) is 0 Å². The van der Waals surface area contributed by atoms with Gasteiger partial charge in [-0.05, 0) is 42.3 Å². The predicted octanol–water partition coefficient (Wildman–Crippen LogP) is 3.63. The van der Waals surface area contributed by atoms with E-state index in [-0.39, 0.29) is 11.3 Å². The van der Waals surface area contributed by atoms with Gasteiger partial charge in [0.05, 0.1) is 5.56 Å². The van der Waals surface area contributed by atoms with Crippen LogP contribution < -0.4 is 10.6 Å². The highest BCUT2D eigenvalue weighted by Crippen LogP contribution is 2.35. The van der Waals surface area contributed by atoms with Gasteiger partial charge in [0.15, 0.2) is 0 Å². The van der Waals surface area contributed by atoms with Crippen LogP contribution in [-0.4, -0.2) is 41.1 Å². The van der Waals surface area contributed by atoms with Crippen molar-refractivity contribution in [2.75, 3.05) is 6.54 Å². The van der Waals surface area contributed by atoms with Gasteiger partial charge in [-0.1, -0.05) is 18.2 Å². The van der Waals surface area contributed by atoms with Crippen LogP contribution in [0.15, 0.2) is 48.5 Å². The number of hydrogen-bond acceptors (Lipinski definition) is 3. The number of benzene rings is 2. The zero-order chi connectivity index (χ0) is 24.6. The second kappa shape index (κ2) is 8.37. The maximum Gasteiger partial charge on any atom is 0.440 e. The van der Waals surface area contributed by atoms with Gasteiger partial charge in [0.1, 0.15) is 5.82 Å². The fourth-order valence-corrected chi connectivity index (χ4v) is 3.10. The number of carbonyl (C=O) groups excluding carboxylic acids is 3. The number of carbonyl (C=O) groups is 3. The summed E-state index contributed by atoms with van der Waals surface area (Å²) in [5.74, 6) is -4.09. The summed E-state index contributed by atoms with van der Waals surface area (Å²) >= 11 is 0. The highest BCUT2D eigenvalue weighted by atomic mass is 19.4. The Labute approximate surface area is 181 Å². The van der Waals surface area contributed by atoms with Crippen LogP contribution in [0.3, 0.4) is 0 Å². The van der Waals surface area contributed by atoms with Gasteiger partial charge in [-0.15, -0.1) is 0 Å². The Bertz CT molecular complexity index is 1080. The molecule has 0 spiro atoms. The molecule has 0 saturated carbocycles. The maximum absolute atomic E-state index is 13.9. The second-order valence-corrected chi connectivity index (χ2v) is 7.04. The number of hydrogen-bond donors (Lipinski definition) is 2. The molecule has 1 atom stereocenters. The van der Waals surface area contributed by atoms with Crippen molar-refractivity contribution < 1.29 is 45.1 Å². The first kappa shape index (κ1) is 24.0. The molecule has 1 heterocycles. The highest BCUT2D eigenvalue weighted by Gasteiger charge is 2.68. The molecule has 2 aromatic carbocycles. The summed E-state index contributed by atoms with van der Waals surface area (Å²) in [5.41, 5.74) is -5.56.